The van der Waals surface area contributed by atoms with Gasteiger partial charge in [0.2, 0.25) is 0 Å². The Morgan fingerprint density at radius 1 is 1.10 bits per heavy atom. The summed E-state index contributed by atoms with van der Waals surface area (Å²) in [6, 6.07) is 15.0. The van der Waals surface area contributed by atoms with Gasteiger partial charge in [0.1, 0.15) is 0 Å². The van der Waals surface area contributed by atoms with Crippen LogP contribution in [0.15, 0.2) is 42.5 Å². The van der Waals surface area contributed by atoms with E-state index >= 15 is 0 Å². The molecule has 106 valence electrons. The Morgan fingerprint density at radius 3 is 2.55 bits per heavy atom. The van der Waals surface area contributed by atoms with Gasteiger partial charge in [0.05, 0.1) is 0 Å². The molecule has 0 spiro atoms. The van der Waals surface area contributed by atoms with Crippen molar-refractivity contribution in [2.45, 2.75) is 33.2 Å². The molecule has 1 atom stereocenters. The van der Waals surface area contributed by atoms with Crippen molar-refractivity contribution >= 4 is 11.6 Å². The summed E-state index contributed by atoms with van der Waals surface area (Å²) in [5.74, 6) is 0. The highest BCUT2D eigenvalue weighted by Crippen LogP contribution is 2.26. The van der Waals surface area contributed by atoms with Crippen LogP contribution in [0.1, 0.15) is 35.2 Å². The van der Waals surface area contributed by atoms with Crippen molar-refractivity contribution in [2.24, 2.45) is 0 Å². The molecule has 0 aliphatic rings. The zero-order valence-electron chi connectivity index (χ0n) is 12.4. The summed E-state index contributed by atoms with van der Waals surface area (Å²) < 4.78 is 0. The van der Waals surface area contributed by atoms with Gasteiger partial charge < -0.3 is 5.32 Å². The molecule has 0 aliphatic heterocycles. The first-order valence-corrected chi connectivity index (χ1v) is 7.53. The lowest BCUT2D eigenvalue weighted by molar-refractivity contribution is 0.549. The maximum Gasteiger partial charge on any atom is 0.0453 e. The van der Waals surface area contributed by atoms with Gasteiger partial charge in [-0.3, -0.25) is 0 Å². The molecule has 2 rings (SSSR count). The van der Waals surface area contributed by atoms with Crippen molar-refractivity contribution in [2.75, 3.05) is 6.54 Å². The number of hydrogen-bond acceptors (Lipinski definition) is 1. The first-order valence-electron chi connectivity index (χ1n) is 7.15. The fraction of sp³-hybridized carbons (Fsp3) is 0.333. The van der Waals surface area contributed by atoms with Gasteiger partial charge in [-0.2, -0.15) is 0 Å². The van der Waals surface area contributed by atoms with Crippen molar-refractivity contribution in [1.29, 1.82) is 0 Å². The number of nitrogens with one attached hydrogen (secondary N) is 1. The normalized spacial score (nSPS) is 12.4. The third kappa shape index (κ3) is 3.62. The van der Waals surface area contributed by atoms with Gasteiger partial charge in [-0.15, -0.1) is 0 Å². The van der Waals surface area contributed by atoms with E-state index in [1.165, 1.54) is 22.3 Å². The number of halogens is 1. The lowest BCUT2D eigenvalue weighted by Gasteiger charge is -2.21. The molecule has 0 saturated carbocycles. The molecule has 1 N–H and O–H groups in total. The first kappa shape index (κ1) is 15.1. The van der Waals surface area contributed by atoms with Gasteiger partial charge in [-0.05, 0) is 49.6 Å². The van der Waals surface area contributed by atoms with Crippen molar-refractivity contribution in [3.63, 3.8) is 0 Å². The molecule has 0 fully saturated rings. The van der Waals surface area contributed by atoms with E-state index < -0.39 is 0 Å². The predicted molar refractivity (Wildman–Crippen MR) is 87.5 cm³/mol. The van der Waals surface area contributed by atoms with E-state index in [1.807, 2.05) is 12.1 Å². The zero-order valence-corrected chi connectivity index (χ0v) is 13.2. The molecule has 1 unspecified atom stereocenters. The van der Waals surface area contributed by atoms with E-state index in [-0.39, 0.29) is 6.04 Å². The lowest BCUT2D eigenvalue weighted by atomic mass is 9.95. The molecule has 0 saturated heterocycles. The van der Waals surface area contributed by atoms with Gasteiger partial charge in [-0.25, -0.2) is 0 Å². The monoisotopic (exact) mass is 287 g/mol. The van der Waals surface area contributed by atoms with Crippen molar-refractivity contribution in [3.8, 4) is 0 Å². The predicted octanol–water partition coefficient (Wildman–Crippen LogP) is 4.85. The highest BCUT2D eigenvalue weighted by Gasteiger charge is 2.15. The Balaban J connectivity index is 2.30. The standard InChI is InChI=1S/C18H22ClN/c1-4-20-18(16-7-5-6-8-17(16)19)12-15-11-13(2)9-10-14(15)3/h5-11,18,20H,4,12H2,1-3H3. The maximum atomic E-state index is 6.35. The molecule has 0 amide bonds. The van der Waals surface area contributed by atoms with Gasteiger partial charge in [0, 0.05) is 11.1 Å². The SMILES string of the molecule is CCNC(Cc1cc(C)ccc1C)c1ccccc1Cl. The molecule has 0 radical (unpaired) electrons. The Morgan fingerprint density at radius 2 is 1.85 bits per heavy atom. The molecular formula is C18H22ClN. The molecule has 0 aromatic heterocycles. The minimum atomic E-state index is 0.259. The number of benzene rings is 2. The summed E-state index contributed by atoms with van der Waals surface area (Å²) in [7, 11) is 0. The summed E-state index contributed by atoms with van der Waals surface area (Å²) in [4.78, 5) is 0. The highest BCUT2D eigenvalue weighted by atomic mass is 35.5. The number of hydrogen-bond donors (Lipinski definition) is 1. The Kier molecular flexibility index (Phi) is 5.22. The second-order valence-electron chi connectivity index (χ2n) is 5.27. The third-order valence-electron chi connectivity index (χ3n) is 3.66. The molecule has 2 heteroatoms. The Hall–Kier alpha value is -1.31. The number of aryl methyl sites for hydroxylation is 2. The summed E-state index contributed by atoms with van der Waals surface area (Å²) in [5, 5.41) is 4.39. The minimum Gasteiger partial charge on any atom is -0.310 e. The average molecular weight is 288 g/mol. The molecule has 2 aromatic carbocycles. The van der Waals surface area contributed by atoms with E-state index in [2.05, 4.69) is 56.4 Å². The molecule has 0 bridgehead atoms. The van der Waals surface area contributed by atoms with E-state index in [4.69, 9.17) is 11.6 Å². The third-order valence-corrected chi connectivity index (χ3v) is 4.00. The fourth-order valence-corrected chi connectivity index (χ4v) is 2.80. The van der Waals surface area contributed by atoms with E-state index in [9.17, 15) is 0 Å². The van der Waals surface area contributed by atoms with Crippen LogP contribution in [-0.2, 0) is 6.42 Å². The molecule has 0 heterocycles. The summed E-state index contributed by atoms with van der Waals surface area (Å²) in [6.07, 6.45) is 0.963. The second kappa shape index (κ2) is 6.92. The van der Waals surface area contributed by atoms with Crippen LogP contribution in [0.4, 0.5) is 0 Å². The van der Waals surface area contributed by atoms with Gasteiger partial charge in [0.25, 0.3) is 0 Å². The van der Waals surface area contributed by atoms with Crippen LogP contribution in [0.5, 0.6) is 0 Å². The zero-order chi connectivity index (χ0) is 14.5. The Bertz CT molecular complexity index is 577. The number of likely N-dealkylation sites (N-methyl/N-ethyl adjacent to an activating group) is 1. The first-order chi connectivity index (χ1) is 9.61. The maximum absolute atomic E-state index is 6.35. The average Bonchev–Trinajstić information content (AvgIpc) is 2.43. The molecular weight excluding hydrogens is 266 g/mol. The van der Waals surface area contributed by atoms with Crippen molar-refractivity contribution in [3.05, 3.63) is 69.7 Å². The van der Waals surface area contributed by atoms with Crippen LogP contribution in [-0.4, -0.2) is 6.54 Å². The van der Waals surface area contributed by atoms with E-state index in [1.54, 1.807) is 0 Å². The molecule has 2 aromatic rings. The van der Waals surface area contributed by atoms with Crippen LogP contribution in [0, 0.1) is 13.8 Å². The molecule has 1 nitrogen and oxygen atoms in total. The van der Waals surface area contributed by atoms with Crippen LogP contribution in [0.3, 0.4) is 0 Å². The van der Waals surface area contributed by atoms with E-state index in [0.29, 0.717) is 0 Å². The number of rotatable bonds is 5. The largest absolute Gasteiger partial charge is 0.310 e. The quantitative estimate of drug-likeness (QED) is 0.829. The van der Waals surface area contributed by atoms with Gasteiger partial charge in [0.15, 0.2) is 0 Å². The van der Waals surface area contributed by atoms with Gasteiger partial charge >= 0.3 is 0 Å². The topological polar surface area (TPSA) is 12.0 Å². The summed E-state index contributed by atoms with van der Waals surface area (Å²) in [6.45, 7) is 7.37. The smallest absolute Gasteiger partial charge is 0.0453 e. The summed E-state index contributed by atoms with van der Waals surface area (Å²) in [5.41, 5.74) is 5.21. The van der Waals surface area contributed by atoms with Crippen molar-refractivity contribution in [1.82, 2.24) is 5.32 Å². The van der Waals surface area contributed by atoms with E-state index in [0.717, 1.165) is 18.0 Å². The Labute approximate surface area is 127 Å². The lowest BCUT2D eigenvalue weighted by Crippen LogP contribution is -2.23. The van der Waals surface area contributed by atoms with Crippen LogP contribution < -0.4 is 5.32 Å². The highest BCUT2D eigenvalue weighted by molar-refractivity contribution is 6.31. The van der Waals surface area contributed by atoms with Crippen molar-refractivity contribution < 1.29 is 0 Å². The van der Waals surface area contributed by atoms with Crippen LogP contribution in [0.2, 0.25) is 5.02 Å². The molecule has 0 aliphatic carbocycles. The summed E-state index contributed by atoms with van der Waals surface area (Å²) >= 11 is 6.35. The second-order valence-corrected chi connectivity index (χ2v) is 5.67. The van der Waals surface area contributed by atoms with Crippen LogP contribution >= 0.6 is 11.6 Å². The minimum absolute atomic E-state index is 0.259. The van der Waals surface area contributed by atoms with Crippen LogP contribution in [0.25, 0.3) is 0 Å². The van der Waals surface area contributed by atoms with Gasteiger partial charge in [-0.1, -0.05) is 60.5 Å². The fourth-order valence-electron chi connectivity index (χ4n) is 2.54. The molecule has 20 heavy (non-hydrogen) atoms.